The lowest BCUT2D eigenvalue weighted by atomic mass is 9.83. The number of rotatable bonds is 2. The molecule has 1 saturated heterocycles. The van der Waals surface area contributed by atoms with Gasteiger partial charge in [0.15, 0.2) is 0 Å². The highest BCUT2D eigenvalue weighted by atomic mass is 16.5. The Labute approximate surface area is 86.4 Å². The van der Waals surface area contributed by atoms with E-state index in [4.69, 9.17) is 4.74 Å². The fourth-order valence-corrected chi connectivity index (χ4v) is 2.12. The van der Waals surface area contributed by atoms with Crippen LogP contribution in [0, 0.1) is 5.41 Å². The van der Waals surface area contributed by atoms with Crippen LogP contribution in [0.4, 0.5) is 0 Å². The summed E-state index contributed by atoms with van der Waals surface area (Å²) in [6.07, 6.45) is 2.42. The molecule has 1 heterocycles. The van der Waals surface area contributed by atoms with Crippen LogP contribution in [0.15, 0.2) is 0 Å². The quantitative estimate of drug-likeness (QED) is 0.634. The van der Waals surface area contributed by atoms with E-state index in [0.717, 1.165) is 13.1 Å². The molecule has 0 aromatic carbocycles. The summed E-state index contributed by atoms with van der Waals surface area (Å²) in [5.74, 6) is -0.122. The van der Waals surface area contributed by atoms with Crippen LogP contribution >= 0.6 is 0 Å². The number of methoxy groups -OCH3 is 1. The fraction of sp³-hybridized carbons (Fsp3) is 0.909. The molecule has 3 heteroatoms. The van der Waals surface area contributed by atoms with Crippen molar-refractivity contribution in [3.63, 3.8) is 0 Å². The molecule has 1 fully saturated rings. The Bertz CT molecular complexity index is 213. The van der Waals surface area contributed by atoms with Gasteiger partial charge in [-0.25, -0.2) is 0 Å². The molecule has 0 spiro atoms. The Kier molecular flexibility index (Phi) is 3.53. The van der Waals surface area contributed by atoms with Gasteiger partial charge < -0.3 is 4.74 Å². The van der Waals surface area contributed by atoms with Crippen molar-refractivity contribution < 1.29 is 9.53 Å². The molecule has 14 heavy (non-hydrogen) atoms. The molecule has 1 aliphatic rings. The topological polar surface area (TPSA) is 29.5 Å². The van der Waals surface area contributed by atoms with E-state index in [-0.39, 0.29) is 12.0 Å². The summed E-state index contributed by atoms with van der Waals surface area (Å²) < 4.78 is 4.75. The second-order valence-corrected chi connectivity index (χ2v) is 4.94. The van der Waals surface area contributed by atoms with E-state index in [1.54, 1.807) is 0 Å². The van der Waals surface area contributed by atoms with Gasteiger partial charge in [0.1, 0.15) is 6.04 Å². The molecular weight excluding hydrogens is 178 g/mol. The largest absolute Gasteiger partial charge is 0.468 e. The van der Waals surface area contributed by atoms with Gasteiger partial charge in [0.05, 0.1) is 7.11 Å². The number of ether oxygens (including phenoxy) is 1. The minimum Gasteiger partial charge on any atom is -0.468 e. The highest BCUT2D eigenvalue weighted by Gasteiger charge is 2.31. The minimum absolute atomic E-state index is 0.0976. The number of carbonyl (C=O) groups excluding carboxylic acids is 1. The molecule has 0 saturated carbocycles. The zero-order valence-corrected chi connectivity index (χ0v) is 9.67. The number of nitrogens with zero attached hydrogens (tertiary/aromatic N) is 1. The summed E-state index contributed by atoms with van der Waals surface area (Å²) in [4.78, 5) is 13.6. The van der Waals surface area contributed by atoms with Crippen LogP contribution in [-0.2, 0) is 9.53 Å². The van der Waals surface area contributed by atoms with Crippen LogP contribution in [0.25, 0.3) is 0 Å². The number of hydrogen-bond donors (Lipinski definition) is 0. The van der Waals surface area contributed by atoms with Crippen LogP contribution in [0.5, 0.6) is 0 Å². The average molecular weight is 199 g/mol. The molecule has 82 valence electrons. The first-order valence-corrected chi connectivity index (χ1v) is 5.28. The third-order valence-corrected chi connectivity index (χ3v) is 3.02. The van der Waals surface area contributed by atoms with Gasteiger partial charge in [-0.1, -0.05) is 13.8 Å². The van der Waals surface area contributed by atoms with Gasteiger partial charge in [-0.2, -0.15) is 0 Å². The monoisotopic (exact) mass is 199 g/mol. The predicted octanol–water partition coefficient (Wildman–Crippen LogP) is 1.67. The number of esters is 1. The average Bonchev–Trinajstić information content (AvgIpc) is 2.14. The molecular formula is C11H21NO2. The van der Waals surface area contributed by atoms with E-state index in [9.17, 15) is 4.79 Å². The van der Waals surface area contributed by atoms with E-state index < -0.39 is 0 Å². The molecule has 1 atom stereocenters. The SMILES string of the molecule is COC(=O)C(C)N1CCCC(C)(C)C1. The van der Waals surface area contributed by atoms with E-state index in [2.05, 4.69) is 18.7 Å². The lowest BCUT2D eigenvalue weighted by Crippen LogP contribution is -2.48. The molecule has 1 aliphatic heterocycles. The normalized spacial score (nSPS) is 24.3. The Balaban J connectivity index is 2.56. The Morgan fingerprint density at radius 2 is 2.14 bits per heavy atom. The molecule has 0 aromatic rings. The van der Waals surface area contributed by atoms with Gasteiger partial charge in [0.25, 0.3) is 0 Å². The van der Waals surface area contributed by atoms with Crippen molar-refractivity contribution in [2.75, 3.05) is 20.2 Å². The van der Waals surface area contributed by atoms with Gasteiger partial charge in [0.2, 0.25) is 0 Å². The van der Waals surface area contributed by atoms with Crippen LogP contribution in [0.2, 0.25) is 0 Å². The molecule has 0 aromatic heterocycles. The van der Waals surface area contributed by atoms with Gasteiger partial charge in [0, 0.05) is 6.54 Å². The standard InChI is InChI=1S/C11H21NO2/c1-9(10(13)14-4)12-7-5-6-11(2,3)8-12/h9H,5-8H2,1-4H3. The smallest absolute Gasteiger partial charge is 0.322 e. The number of carbonyl (C=O) groups is 1. The van der Waals surface area contributed by atoms with Crippen molar-refractivity contribution in [3.8, 4) is 0 Å². The second kappa shape index (κ2) is 4.30. The number of piperidine rings is 1. The maximum atomic E-state index is 11.4. The minimum atomic E-state index is -0.122. The lowest BCUT2D eigenvalue weighted by molar-refractivity contribution is -0.147. The van der Waals surface area contributed by atoms with E-state index >= 15 is 0 Å². The van der Waals surface area contributed by atoms with Crippen LogP contribution < -0.4 is 0 Å². The van der Waals surface area contributed by atoms with Crippen LogP contribution in [0.3, 0.4) is 0 Å². The molecule has 0 N–H and O–H groups in total. The van der Waals surface area contributed by atoms with E-state index in [0.29, 0.717) is 5.41 Å². The second-order valence-electron chi connectivity index (χ2n) is 4.94. The first kappa shape index (κ1) is 11.5. The zero-order chi connectivity index (χ0) is 10.8. The summed E-state index contributed by atoms with van der Waals surface area (Å²) in [5.41, 5.74) is 0.334. The highest BCUT2D eigenvalue weighted by Crippen LogP contribution is 2.29. The van der Waals surface area contributed by atoms with Crippen molar-refractivity contribution in [1.82, 2.24) is 4.90 Å². The first-order chi connectivity index (χ1) is 6.46. The lowest BCUT2D eigenvalue weighted by Gasteiger charge is -2.40. The summed E-state index contributed by atoms with van der Waals surface area (Å²) in [6.45, 7) is 8.43. The molecule has 0 radical (unpaired) electrons. The van der Waals surface area contributed by atoms with Crippen molar-refractivity contribution in [1.29, 1.82) is 0 Å². The summed E-state index contributed by atoms with van der Waals surface area (Å²) in [5, 5.41) is 0. The molecule has 0 amide bonds. The summed E-state index contributed by atoms with van der Waals surface area (Å²) in [7, 11) is 1.45. The molecule has 0 bridgehead atoms. The van der Waals surface area contributed by atoms with Crippen LogP contribution in [-0.4, -0.2) is 37.1 Å². The van der Waals surface area contributed by atoms with Gasteiger partial charge in [-0.05, 0) is 31.7 Å². The highest BCUT2D eigenvalue weighted by molar-refractivity contribution is 5.75. The van der Waals surface area contributed by atoms with E-state index in [1.165, 1.54) is 20.0 Å². The predicted molar refractivity (Wildman–Crippen MR) is 56.1 cm³/mol. The third kappa shape index (κ3) is 2.71. The van der Waals surface area contributed by atoms with E-state index in [1.807, 2.05) is 6.92 Å². The summed E-state index contributed by atoms with van der Waals surface area (Å²) in [6, 6.07) is -0.0976. The Hall–Kier alpha value is -0.570. The number of likely N-dealkylation sites (tertiary alicyclic amines) is 1. The third-order valence-electron chi connectivity index (χ3n) is 3.02. The Morgan fingerprint density at radius 1 is 1.50 bits per heavy atom. The van der Waals surface area contributed by atoms with Crippen molar-refractivity contribution >= 4 is 5.97 Å². The van der Waals surface area contributed by atoms with Crippen LogP contribution in [0.1, 0.15) is 33.6 Å². The Morgan fingerprint density at radius 3 is 2.64 bits per heavy atom. The van der Waals surface area contributed by atoms with Gasteiger partial charge >= 0.3 is 5.97 Å². The van der Waals surface area contributed by atoms with Gasteiger partial charge in [-0.3, -0.25) is 9.69 Å². The molecule has 0 aliphatic carbocycles. The molecule has 3 nitrogen and oxygen atoms in total. The van der Waals surface area contributed by atoms with Crippen molar-refractivity contribution in [2.45, 2.75) is 39.7 Å². The zero-order valence-electron chi connectivity index (χ0n) is 9.67. The fourth-order valence-electron chi connectivity index (χ4n) is 2.12. The molecule has 1 unspecified atom stereocenters. The van der Waals surface area contributed by atoms with Crippen molar-refractivity contribution in [2.24, 2.45) is 5.41 Å². The first-order valence-electron chi connectivity index (χ1n) is 5.28. The summed E-state index contributed by atoms with van der Waals surface area (Å²) >= 11 is 0. The molecule has 1 rings (SSSR count). The maximum absolute atomic E-state index is 11.4. The van der Waals surface area contributed by atoms with Gasteiger partial charge in [-0.15, -0.1) is 0 Å². The number of hydrogen-bond acceptors (Lipinski definition) is 3. The van der Waals surface area contributed by atoms with Crippen molar-refractivity contribution in [3.05, 3.63) is 0 Å². The maximum Gasteiger partial charge on any atom is 0.322 e.